The summed E-state index contributed by atoms with van der Waals surface area (Å²) in [6.07, 6.45) is 31.7. The molecule has 0 aliphatic heterocycles. The van der Waals surface area contributed by atoms with E-state index in [4.69, 9.17) is 49.8 Å². The van der Waals surface area contributed by atoms with Crippen LogP contribution in [-0.2, 0) is 20.4 Å². The van der Waals surface area contributed by atoms with Crippen molar-refractivity contribution >= 4 is 92.3 Å². The molecule has 17 heteroatoms. The summed E-state index contributed by atoms with van der Waals surface area (Å²) in [4.78, 5) is 89.7. The molecular formula is C121H138ClN3O13. The first kappa shape index (κ1) is 111. The molecule has 13 rings (SSSR count). The highest BCUT2D eigenvalue weighted by Gasteiger charge is 2.65. The zero-order chi connectivity index (χ0) is 102. The molecule has 0 radical (unpaired) electrons. The fraction of sp³-hybridized carbons (Fsp3) is 0.331. The minimum Gasteiger partial charge on any atom is -0.507 e. The van der Waals surface area contributed by atoms with Gasteiger partial charge in [-0.3, -0.25) is 33.6 Å². The van der Waals surface area contributed by atoms with Crippen LogP contribution in [0.25, 0.3) is 23.7 Å². The Labute approximate surface area is 825 Å². The van der Waals surface area contributed by atoms with Gasteiger partial charge in [0, 0.05) is 112 Å². The summed E-state index contributed by atoms with van der Waals surface area (Å²) in [6.45, 7) is 54.9. The van der Waals surface area contributed by atoms with Crippen molar-refractivity contribution in [2.45, 2.75) is 161 Å². The number of nitrogens with zero attached hydrogens (tertiary/aromatic N) is 3. The number of hydrogen-bond acceptors (Lipinski definition) is 16. The van der Waals surface area contributed by atoms with E-state index in [2.05, 4.69) is 175 Å². The molecule has 0 amide bonds. The number of benzene rings is 9. The smallest absolute Gasteiger partial charge is 0.252 e. The molecule has 4 fully saturated rings. The number of fused-ring (bicyclic) bond motifs is 4. The van der Waals surface area contributed by atoms with E-state index in [1.165, 1.54) is 12.2 Å². The summed E-state index contributed by atoms with van der Waals surface area (Å²) in [6, 6.07) is 66.8. The van der Waals surface area contributed by atoms with Gasteiger partial charge in [0.05, 0.1) is 6.54 Å². The quantitative estimate of drug-likeness (QED) is 0.0103. The molecule has 4 bridgehead atoms. The van der Waals surface area contributed by atoms with Gasteiger partial charge in [-0.2, -0.15) is 0 Å². The van der Waals surface area contributed by atoms with Crippen LogP contribution < -0.4 is 33.6 Å². The second kappa shape index (κ2) is 51.8. The molecule has 722 valence electrons. The van der Waals surface area contributed by atoms with Gasteiger partial charge in [0.15, 0.2) is 34.7 Å². The van der Waals surface area contributed by atoms with Crippen molar-refractivity contribution in [2.24, 2.45) is 33.5 Å². The second-order valence-electron chi connectivity index (χ2n) is 37.7. The molecule has 9 aromatic rings. The Balaban J connectivity index is 0.000000222. The molecule has 138 heavy (non-hydrogen) atoms. The number of likely N-dealkylation sites (N-methyl/N-ethyl adjacent to an activating group) is 1. The highest BCUT2D eigenvalue weighted by molar-refractivity contribution is 6.67. The number of aliphatic hydroxyl groups is 2. The van der Waals surface area contributed by atoms with Crippen LogP contribution >= 0.6 is 11.6 Å². The predicted octanol–water partition coefficient (Wildman–Crippen LogP) is 27.0. The molecule has 4 atom stereocenters. The van der Waals surface area contributed by atoms with E-state index >= 15 is 0 Å². The molecule has 4 aliphatic carbocycles. The fourth-order valence-corrected chi connectivity index (χ4v) is 17.1. The van der Waals surface area contributed by atoms with Gasteiger partial charge in [-0.1, -0.05) is 205 Å². The monoisotopic (exact) mass is 1880 g/mol. The number of halogens is 1. The average molecular weight is 1880 g/mol. The van der Waals surface area contributed by atoms with Gasteiger partial charge in [0.25, 0.3) is 5.24 Å². The van der Waals surface area contributed by atoms with E-state index in [1.807, 2.05) is 140 Å². The van der Waals surface area contributed by atoms with Crippen molar-refractivity contribution in [1.29, 1.82) is 0 Å². The van der Waals surface area contributed by atoms with Crippen LogP contribution in [0.5, 0.6) is 23.0 Å². The van der Waals surface area contributed by atoms with Gasteiger partial charge in [-0.25, -0.2) is 0 Å². The molecule has 0 heterocycles. The summed E-state index contributed by atoms with van der Waals surface area (Å²) in [7, 11) is 0. The minimum absolute atomic E-state index is 0.0305. The molecule has 0 saturated heterocycles. The first-order chi connectivity index (χ1) is 65.5. The summed E-state index contributed by atoms with van der Waals surface area (Å²) in [5.74, 6) is 11.3. The maximum absolute atomic E-state index is 12.8. The van der Waals surface area contributed by atoms with Crippen LogP contribution in [0.2, 0.25) is 0 Å². The van der Waals surface area contributed by atoms with E-state index in [0.717, 1.165) is 131 Å². The number of rotatable bonds is 31. The molecule has 0 aromatic heterocycles. The van der Waals surface area contributed by atoms with E-state index < -0.39 is 5.24 Å². The molecule has 2 N–H and O–H groups in total. The number of ketones is 6. The van der Waals surface area contributed by atoms with Crippen molar-refractivity contribution in [3.05, 3.63) is 341 Å². The molecule has 16 nitrogen and oxygen atoms in total. The fourth-order valence-electron chi connectivity index (χ4n) is 17.0. The zero-order valence-electron chi connectivity index (χ0n) is 83.8. The lowest BCUT2D eigenvalue weighted by Gasteiger charge is -2.31. The highest BCUT2D eigenvalue weighted by Crippen LogP contribution is 2.67. The van der Waals surface area contributed by atoms with Gasteiger partial charge in [-0.15, -0.1) is 25.8 Å². The lowest BCUT2D eigenvalue weighted by Crippen LogP contribution is -2.32. The first-order valence-electron chi connectivity index (χ1n) is 46.9. The largest absolute Gasteiger partial charge is 0.507 e. The highest BCUT2D eigenvalue weighted by atomic mass is 35.5. The summed E-state index contributed by atoms with van der Waals surface area (Å²) < 4.78 is 21.5. The number of aliphatic hydroxyl groups excluding tert-OH is 2. The lowest BCUT2D eigenvalue weighted by atomic mass is 9.70. The van der Waals surface area contributed by atoms with E-state index in [-0.39, 0.29) is 80.4 Å². The lowest BCUT2D eigenvalue weighted by molar-refractivity contribution is -0.126. The minimum atomic E-state index is -0.406. The van der Waals surface area contributed by atoms with Crippen LogP contribution in [0.15, 0.2) is 280 Å². The van der Waals surface area contributed by atoms with Crippen molar-refractivity contribution in [1.82, 2.24) is 0 Å². The molecule has 4 unspecified atom stereocenters. The maximum Gasteiger partial charge on any atom is 0.252 e. The van der Waals surface area contributed by atoms with Crippen molar-refractivity contribution in [2.75, 3.05) is 80.4 Å². The Morgan fingerprint density at radius 1 is 0.413 bits per heavy atom. The summed E-state index contributed by atoms with van der Waals surface area (Å²) in [5, 5.41) is 20.0. The van der Waals surface area contributed by atoms with Gasteiger partial charge in [0.2, 0.25) is 0 Å². The summed E-state index contributed by atoms with van der Waals surface area (Å²) in [5.41, 5.74) is 13.8. The van der Waals surface area contributed by atoms with Crippen molar-refractivity contribution in [3.8, 4) is 60.0 Å². The van der Waals surface area contributed by atoms with Crippen LogP contribution in [-0.4, -0.2) is 116 Å². The molecular weight excluding hydrogens is 1740 g/mol. The van der Waals surface area contributed by atoms with Gasteiger partial charge in [-0.05, 0) is 303 Å². The van der Waals surface area contributed by atoms with Crippen LogP contribution in [0, 0.1) is 70.5 Å². The van der Waals surface area contributed by atoms with Gasteiger partial charge >= 0.3 is 0 Å². The number of terminal acetylenes is 3. The Kier molecular flexibility index (Phi) is 41.7. The third-order valence-electron chi connectivity index (χ3n) is 26.3. The van der Waals surface area contributed by atoms with Gasteiger partial charge in [0.1, 0.15) is 60.9 Å². The Hall–Kier alpha value is -14.0. The number of ether oxygens (including phenoxy) is 4. The molecule has 9 aromatic carbocycles. The topological polar surface area (TPSA) is 207 Å². The first-order valence-corrected chi connectivity index (χ1v) is 47.3. The number of carbonyl (C=O) groups excluding carboxylic acids is 7. The second-order valence-corrected chi connectivity index (χ2v) is 38.0. The van der Waals surface area contributed by atoms with Crippen LogP contribution in [0.4, 0.5) is 17.1 Å². The van der Waals surface area contributed by atoms with Crippen LogP contribution in [0.3, 0.4) is 0 Å². The maximum atomic E-state index is 12.8. The Bertz CT molecular complexity index is 5900. The van der Waals surface area contributed by atoms with Crippen molar-refractivity contribution in [3.63, 3.8) is 0 Å². The number of anilines is 3. The van der Waals surface area contributed by atoms with E-state index in [0.29, 0.717) is 82.5 Å². The predicted molar refractivity (Wildman–Crippen MR) is 569 cm³/mol. The Morgan fingerprint density at radius 2 is 0.710 bits per heavy atom. The number of hydrogen-bond donors (Lipinski definition) is 2. The molecule has 4 aliphatic rings. The standard InChI is InChI=1S/C22H24O3.C22H22O3.C20H24O2.C20H22O2.C13H17NO.C13H15NO.C11H14ClNO/c2*1-5-14-25-19-12-8-17(9-13-19)21(24)15-20(23)16-6-10-18(11-7-16)22(2,3)4;2*1-5-12-22-15-8-6-14(7-9-15)13-16-17-10-11-20(4,18(16)21)19(17,2)3;2*1-4-10-14(5-2)13-8-6-12(7-9-13)11(3)15;1-3-13(4-2)10-7-5-9(6-8-10)11(12)14/h5-13,15,24H,1,14H2,2-4H3;1,6-13,15,24H,14H2,2-4H3;5-9,13,17H,1,10-12H2,2-4H3;1,6-9,13,17H,10-12H2,2-4H3;4,6-9H,1,5,10H2,2-3H3;1,6-9H,5,10H2,2-3H3;5-8H,3-4H2,1-2H3/b;;2*16-13+;;;. The van der Waals surface area contributed by atoms with E-state index in [9.17, 15) is 43.8 Å². The average Bonchev–Trinajstić information content (AvgIpc) is 1.55. The summed E-state index contributed by atoms with van der Waals surface area (Å²) >= 11 is 5.35. The number of Topliss-reactive ketones (excluding diaryl/α,β-unsaturated/α-hetero) is 4. The Morgan fingerprint density at radius 3 is 0.986 bits per heavy atom. The van der Waals surface area contributed by atoms with Crippen molar-refractivity contribution < 1.29 is 62.7 Å². The van der Waals surface area contributed by atoms with Crippen LogP contribution in [0.1, 0.15) is 235 Å². The zero-order valence-corrected chi connectivity index (χ0v) is 84.6. The molecule has 0 spiro atoms. The van der Waals surface area contributed by atoms with E-state index in [1.54, 1.807) is 111 Å². The normalized spacial score (nSPS) is 17.1. The molecule has 4 saturated carbocycles. The third kappa shape index (κ3) is 30.0. The number of allylic oxidation sites excluding steroid dienone is 4. The number of carbonyl (C=O) groups is 7. The van der Waals surface area contributed by atoms with Gasteiger partial charge < -0.3 is 43.9 Å². The SMILES string of the molecule is C#CCN(CC)c1ccc(C(C)=O)cc1.C#CCOc1ccc(/C=C2/C(=O)C3(C)CCC2C3(C)C)cc1.C#CCOc1ccc(C(O)=CC(=O)c2ccc(C(C)(C)C)cc2)cc1.C=CCN(CC)c1ccc(C(C)=O)cc1.C=CCOc1ccc(/C=C2/C(=O)C3(C)CCC2C3(C)C)cc1.C=CCOc1ccc(C(O)=CC(=O)c2ccc(C(C)(C)C)cc2)cc1.CCN(CC)c1ccc(C(=O)Cl)cc1. The third-order valence-corrected chi connectivity index (χ3v) is 26.5.